The van der Waals surface area contributed by atoms with Crippen LogP contribution in [-0.2, 0) is 4.79 Å². The zero-order valence-electron chi connectivity index (χ0n) is 10.8. The van der Waals surface area contributed by atoms with Crippen molar-refractivity contribution < 1.29 is 4.79 Å². The Morgan fingerprint density at radius 1 is 1.18 bits per heavy atom. The molecule has 2 saturated carbocycles. The van der Waals surface area contributed by atoms with Crippen LogP contribution in [0.4, 0.5) is 0 Å². The summed E-state index contributed by atoms with van der Waals surface area (Å²) >= 11 is 0. The molecule has 0 spiro atoms. The molecular formula is C14H26N2O. The van der Waals surface area contributed by atoms with Crippen LogP contribution in [0.25, 0.3) is 0 Å². The van der Waals surface area contributed by atoms with Crippen molar-refractivity contribution in [2.75, 3.05) is 13.1 Å². The minimum Gasteiger partial charge on any atom is -0.356 e. The predicted molar refractivity (Wildman–Crippen MR) is 69.5 cm³/mol. The molecular weight excluding hydrogens is 212 g/mol. The fourth-order valence-electron chi connectivity index (χ4n) is 2.91. The maximum Gasteiger partial charge on any atom is 0.227 e. The average molecular weight is 238 g/mol. The van der Waals surface area contributed by atoms with Crippen molar-refractivity contribution in [3.8, 4) is 0 Å². The van der Waals surface area contributed by atoms with Gasteiger partial charge in [0.05, 0.1) is 5.41 Å². The number of carbonyl (C=O) groups excluding carboxylic acids is 1. The minimum absolute atomic E-state index is 0.225. The van der Waals surface area contributed by atoms with Crippen LogP contribution in [0.3, 0.4) is 0 Å². The highest BCUT2D eigenvalue weighted by Gasteiger charge is 2.37. The van der Waals surface area contributed by atoms with Gasteiger partial charge in [0.25, 0.3) is 0 Å². The third-order valence-corrected chi connectivity index (χ3v) is 4.47. The lowest BCUT2D eigenvalue weighted by Crippen LogP contribution is -2.46. The van der Waals surface area contributed by atoms with E-state index in [0.29, 0.717) is 6.54 Å². The van der Waals surface area contributed by atoms with E-state index in [2.05, 4.69) is 5.32 Å². The van der Waals surface area contributed by atoms with Gasteiger partial charge >= 0.3 is 0 Å². The van der Waals surface area contributed by atoms with Gasteiger partial charge in [-0.2, -0.15) is 0 Å². The van der Waals surface area contributed by atoms with Gasteiger partial charge in [0, 0.05) is 13.1 Å². The molecule has 0 aromatic carbocycles. The summed E-state index contributed by atoms with van der Waals surface area (Å²) in [6.45, 7) is 1.37. The van der Waals surface area contributed by atoms with Crippen LogP contribution in [0.15, 0.2) is 0 Å². The summed E-state index contributed by atoms with van der Waals surface area (Å²) in [6.07, 6.45) is 10.7. The third-order valence-electron chi connectivity index (χ3n) is 4.47. The topological polar surface area (TPSA) is 55.1 Å². The largest absolute Gasteiger partial charge is 0.356 e. The van der Waals surface area contributed by atoms with Crippen LogP contribution >= 0.6 is 0 Å². The molecule has 0 aromatic heterocycles. The lowest BCUT2D eigenvalue weighted by atomic mass is 9.79. The molecule has 2 rings (SSSR count). The molecule has 0 aromatic rings. The fraction of sp³-hybridized carbons (Fsp3) is 0.929. The molecule has 98 valence electrons. The zero-order valence-corrected chi connectivity index (χ0v) is 10.8. The summed E-state index contributed by atoms with van der Waals surface area (Å²) in [4.78, 5) is 12.3. The van der Waals surface area contributed by atoms with Gasteiger partial charge in [-0.15, -0.1) is 0 Å². The van der Waals surface area contributed by atoms with Gasteiger partial charge in [-0.1, -0.05) is 38.5 Å². The van der Waals surface area contributed by atoms with E-state index in [9.17, 15) is 4.79 Å². The quantitative estimate of drug-likeness (QED) is 0.721. The Morgan fingerprint density at radius 3 is 2.35 bits per heavy atom. The first-order valence-electron chi connectivity index (χ1n) is 7.25. The standard InChI is InChI=1S/C14H26N2O/c15-11-14(8-3-1-2-4-9-14)13(17)16-10-7-12-5-6-12/h12H,1-11,15H2,(H,16,17). The molecule has 1 amide bonds. The second-order valence-electron chi connectivity index (χ2n) is 5.89. The van der Waals surface area contributed by atoms with Gasteiger partial charge in [-0.05, 0) is 25.2 Å². The molecule has 0 unspecified atom stereocenters. The minimum atomic E-state index is -0.250. The van der Waals surface area contributed by atoms with Gasteiger partial charge in [0.2, 0.25) is 5.91 Å². The molecule has 0 aliphatic heterocycles. The van der Waals surface area contributed by atoms with Gasteiger partial charge in [-0.25, -0.2) is 0 Å². The van der Waals surface area contributed by atoms with Gasteiger partial charge in [0.1, 0.15) is 0 Å². The Balaban J connectivity index is 1.82. The van der Waals surface area contributed by atoms with Gasteiger partial charge in [0.15, 0.2) is 0 Å². The van der Waals surface area contributed by atoms with Crippen molar-refractivity contribution in [3.63, 3.8) is 0 Å². The first kappa shape index (κ1) is 12.9. The second kappa shape index (κ2) is 5.85. The first-order valence-corrected chi connectivity index (χ1v) is 7.25. The van der Waals surface area contributed by atoms with Crippen molar-refractivity contribution in [2.45, 2.75) is 57.8 Å². The summed E-state index contributed by atoms with van der Waals surface area (Å²) in [6, 6.07) is 0. The van der Waals surface area contributed by atoms with E-state index in [1.165, 1.54) is 25.7 Å². The lowest BCUT2D eigenvalue weighted by molar-refractivity contribution is -0.131. The van der Waals surface area contributed by atoms with E-state index in [1.54, 1.807) is 0 Å². The van der Waals surface area contributed by atoms with Crippen LogP contribution in [-0.4, -0.2) is 19.0 Å². The fourth-order valence-corrected chi connectivity index (χ4v) is 2.91. The average Bonchev–Trinajstić information content (AvgIpc) is 3.15. The molecule has 3 heteroatoms. The van der Waals surface area contributed by atoms with E-state index in [0.717, 1.165) is 44.6 Å². The molecule has 2 aliphatic rings. The van der Waals surface area contributed by atoms with Crippen LogP contribution in [0, 0.1) is 11.3 Å². The zero-order chi connectivity index (χ0) is 12.1. The van der Waals surface area contributed by atoms with Crippen LogP contribution in [0.1, 0.15) is 57.8 Å². The maximum atomic E-state index is 12.3. The van der Waals surface area contributed by atoms with Gasteiger partial charge in [-0.3, -0.25) is 4.79 Å². The summed E-state index contributed by atoms with van der Waals surface area (Å²) in [5.41, 5.74) is 5.64. The van der Waals surface area contributed by atoms with E-state index >= 15 is 0 Å². The van der Waals surface area contributed by atoms with Crippen LogP contribution in [0.2, 0.25) is 0 Å². The van der Waals surface area contributed by atoms with Crippen molar-refractivity contribution in [2.24, 2.45) is 17.1 Å². The summed E-state index contributed by atoms with van der Waals surface area (Å²) < 4.78 is 0. The lowest BCUT2D eigenvalue weighted by Gasteiger charge is -2.29. The summed E-state index contributed by atoms with van der Waals surface area (Å²) in [5.74, 6) is 1.11. The Morgan fingerprint density at radius 2 is 1.82 bits per heavy atom. The molecule has 17 heavy (non-hydrogen) atoms. The first-order chi connectivity index (χ1) is 8.27. The highest BCUT2D eigenvalue weighted by molar-refractivity contribution is 5.82. The number of nitrogens with two attached hydrogens (primary N) is 1. The molecule has 2 aliphatic carbocycles. The number of hydrogen-bond donors (Lipinski definition) is 2. The molecule has 0 atom stereocenters. The number of carbonyl (C=O) groups is 1. The summed E-state index contributed by atoms with van der Waals surface area (Å²) in [5, 5.41) is 3.12. The van der Waals surface area contributed by atoms with E-state index in [4.69, 9.17) is 5.73 Å². The highest BCUT2D eigenvalue weighted by Crippen LogP contribution is 2.35. The van der Waals surface area contributed by atoms with Crippen molar-refractivity contribution in [1.82, 2.24) is 5.32 Å². The smallest absolute Gasteiger partial charge is 0.227 e. The molecule has 3 nitrogen and oxygen atoms in total. The molecule has 0 heterocycles. The van der Waals surface area contributed by atoms with E-state index < -0.39 is 0 Å². The SMILES string of the molecule is NCC1(C(=O)NCCC2CC2)CCCCCC1. The number of rotatable bonds is 5. The van der Waals surface area contributed by atoms with Crippen LogP contribution < -0.4 is 11.1 Å². The third kappa shape index (κ3) is 3.44. The molecule has 0 saturated heterocycles. The number of amides is 1. The summed E-state index contributed by atoms with van der Waals surface area (Å²) in [7, 11) is 0. The number of nitrogens with one attached hydrogen (secondary N) is 1. The Kier molecular flexibility index (Phi) is 4.43. The normalized spacial score (nSPS) is 24.1. The van der Waals surface area contributed by atoms with Crippen molar-refractivity contribution in [1.29, 1.82) is 0 Å². The van der Waals surface area contributed by atoms with Crippen molar-refractivity contribution >= 4 is 5.91 Å². The maximum absolute atomic E-state index is 12.3. The monoisotopic (exact) mass is 238 g/mol. The second-order valence-corrected chi connectivity index (χ2v) is 5.89. The molecule has 0 radical (unpaired) electrons. The van der Waals surface area contributed by atoms with Crippen LogP contribution in [0.5, 0.6) is 0 Å². The molecule has 3 N–H and O–H groups in total. The number of hydrogen-bond acceptors (Lipinski definition) is 2. The van der Waals surface area contributed by atoms with E-state index in [1.807, 2.05) is 0 Å². The predicted octanol–water partition coefficient (Wildman–Crippen LogP) is 2.20. The molecule has 2 fully saturated rings. The molecule has 0 bridgehead atoms. The Bertz CT molecular complexity index is 253. The van der Waals surface area contributed by atoms with Crippen molar-refractivity contribution in [3.05, 3.63) is 0 Å². The Hall–Kier alpha value is -0.570. The highest BCUT2D eigenvalue weighted by atomic mass is 16.2. The van der Waals surface area contributed by atoms with Gasteiger partial charge < -0.3 is 11.1 Å². The Labute approximate surface area is 105 Å². The van der Waals surface area contributed by atoms with E-state index in [-0.39, 0.29) is 11.3 Å².